The third-order valence-corrected chi connectivity index (χ3v) is 6.60. The summed E-state index contributed by atoms with van der Waals surface area (Å²) < 4.78 is 31.1. The highest BCUT2D eigenvalue weighted by Gasteiger charge is 2.46. The highest BCUT2D eigenvalue weighted by atomic mass is 19.1. The van der Waals surface area contributed by atoms with Gasteiger partial charge in [0.2, 0.25) is 17.5 Å². The highest BCUT2D eigenvalue weighted by molar-refractivity contribution is 5.94. The van der Waals surface area contributed by atoms with E-state index in [0.29, 0.717) is 0 Å². The number of carbonyl (C=O) groups excluding carboxylic acids is 1. The first-order valence-electron chi connectivity index (χ1n) is 9.29. The molecule has 142 valence electrons. The molecule has 27 heavy (non-hydrogen) atoms. The van der Waals surface area contributed by atoms with E-state index in [1.165, 1.54) is 0 Å². The van der Waals surface area contributed by atoms with E-state index in [0.717, 1.165) is 38.2 Å². The molecule has 2 aliphatic carbocycles. The SMILES string of the molecule is [C-]#[N+]c1cc(F)c2nc(NC(=O)C(C)C3(C)CC3)n(C3(C)CCC3)c2c1F. The van der Waals surface area contributed by atoms with Gasteiger partial charge in [0, 0.05) is 11.5 Å². The fraction of sp³-hybridized carbons (Fsp3) is 0.550. The maximum absolute atomic E-state index is 15.0. The van der Waals surface area contributed by atoms with E-state index in [1.807, 2.05) is 13.8 Å². The summed E-state index contributed by atoms with van der Waals surface area (Å²) in [4.78, 5) is 20.1. The Hall–Kier alpha value is -2.49. The van der Waals surface area contributed by atoms with Gasteiger partial charge in [0.1, 0.15) is 11.3 Å². The summed E-state index contributed by atoms with van der Waals surface area (Å²) in [6.07, 6.45) is 4.50. The Morgan fingerprint density at radius 3 is 2.52 bits per heavy atom. The van der Waals surface area contributed by atoms with E-state index in [2.05, 4.69) is 22.1 Å². The number of hydrogen-bond acceptors (Lipinski definition) is 2. The van der Waals surface area contributed by atoms with E-state index >= 15 is 0 Å². The Kier molecular flexibility index (Phi) is 3.81. The first kappa shape index (κ1) is 17.9. The summed E-state index contributed by atoms with van der Waals surface area (Å²) >= 11 is 0. The van der Waals surface area contributed by atoms with Crippen LogP contribution < -0.4 is 5.32 Å². The third-order valence-electron chi connectivity index (χ3n) is 6.60. The number of hydrogen-bond donors (Lipinski definition) is 1. The number of imidazole rings is 1. The van der Waals surface area contributed by atoms with Gasteiger partial charge in [-0.25, -0.2) is 18.6 Å². The van der Waals surface area contributed by atoms with Crippen molar-refractivity contribution in [2.75, 3.05) is 5.32 Å². The van der Waals surface area contributed by atoms with Crippen molar-refractivity contribution in [3.63, 3.8) is 0 Å². The fourth-order valence-corrected chi connectivity index (χ4v) is 3.93. The van der Waals surface area contributed by atoms with Gasteiger partial charge in [0.25, 0.3) is 0 Å². The average Bonchev–Trinajstić information content (AvgIpc) is 3.24. The number of halogens is 2. The number of aromatic nitrogens is 2. The molecule has 1 N–H and O–H groups in total. The molecule has 2 saturated carbocycles. The summed E-state index contributed by atoms with van der Waals surface area (Å²) in [5, 5.41) is 2.81. The van der Waals surface area contributed by atoms with Crippen LogP contribution in [-0.4, -0.2) is 15.5 Å². The van der Waals surface area contributed by atoms with Crippen LogP contribution in [0.25, 0.3) is 15.9 Å². The number of benzene rings is 1. The molecule has 1 unspecified atom stereocenters. The molecule has 0 spiro atoms. The van der Waals surface area contributed by atoms with Crippen LogP contribution >= 0.6 is 0 Å². The Morgan fingerprint density at radius 1 is 1.33 bits per heavy atom. The van der Waals surface area contributed by atoms with Crippen LogP contribution in [0.1, 0.15) is 52.9 Å². The molecule has 4 rings (SSSR count). The zero-order valence-electron chi connectivity index (χ0n) is 15.7. The zero-order valence-corrected chi connectivity index (χ0v) is 15.7. The maximum atomic E-state index is 15.0. The summed E-state index contributed by atoms with van der Waals surface area (Å²) in [7, 11) is 0. The Bertz CT molecular complexity index is 996. The topological polar surface area (TPSA) is 51.3 Å². The monoisotopic (exact) mass is 372 g/mol. The van der Waals surface area contributed by atoms with Crippen LogP contribution in [0, 0.1) is 29.5 Å². The van der Waals surface area contributed by atoms with Gasteiger partial charge in [-0.3, -0.25) is 10.1 Å². The lowest BCUT2D eigenvalue weighted by atomic mass is 9.78. The number of anilines is 1. The van der Waals surface area contributed by atoms with Gasteiger partial charge in [0.15, 0.2) is 5.82 Å². The highest BCUT2D eigenvalue weighted by Crippen LogP contribution is 2.52. The van der Waals surface area contributed by atoms with Crippen LogP contribution in [0.2, 0.25) is 0 Å². The smallest absolute Gasteiger partial charge is 0.230 e. The lowest BCUT2D eigenvalue weighted by Crippen LogP contribution is -2.39. The molecular formula is C20H22F2N4O. The minimum atomic E-state index is -0.787. The second kappa shape index (κ2) is 5.75. The number of rotatable bonds is 4. The largest absolute Gasteiger partial charge is 0.303 e. The van der Waals surface area contributed by atoms with Crippen LogP contribution in [-0.2, 0) is 10.3 Å². The average molecular weight is 372 g/mol. The normalized spacial score (nSPS) is 20.6. The van der Waals surface area contributed by atoms with Gasteiger partial charge in [-0.05, 0) is 50.5 Å². The summed E-state index contributed by atoms with van der Waals surface area (Å²) in [6.45, 7) is 13.0. The second-order valence-electron chi connectivity index (χ2n) is 8.49. The van der Waals surface area contributed by atoms with Crippen molar-refractivity contribution in [1.82, 2.24) is 9.55 Å². The number of fused-ring (bicyclic) bond motifs is 1. The maximum Gasteiger partial charge on any atom is 0.230 e. The van der Waals surface area contributed by atoms with Gasteiger partial charge in [-0.2, -0.15) is 0 Å². The van der Waals surface area contributed by atoms with Crippen molar-refractivity contribution < 1.29 is 13.6 Å². The molecule has 1 aromatic heterocycles. The van der Waals surface area contributed by atoms with Crippen LogP contribution in [0.15, 0.2) is 6.07 Å². The molecule has 7 heteroatoms. The fourth-order valence-electron chi connectivity index (χ4n) is 3.93. The number of amides is 1. The van der Waals surface area contributed by atoms with Gasteiger partial charge in [-0.15, -0.1) is 0 Å². The minimum absolute atomic E-state index is 0.0188. The molecule has 0 bridgehead atoms. The number of carbonyl (C=O) groups is 1. The lowest BCUT2D eigenvalue weighted by molar-refractivity contribution is -0.121. The molecule has 1 aromatic carbocycles. The molecule has 0 radical (unpaired) electrons. The van der Waals surface area contributed by atoms with Crippen molar-refractivity contribution in [2.24, 2.45) is 11.3 Å². The van der Waals surface area contributed by atoms with Crippen molar-refractivity contribution >= 4 is 28.6 Å². The van der Waals surface area contributed by atoms with Gasteiger partial charge >= 0.3 is 0 Å². The van der Waals surface area contributed by atoms with Crippen LogP contribution in [0.5, 0.6) is 0 Å². The lowest BCUT2D eigenvalue weighted by Gasteiger charge is -2.41. The minimum Gasteiger partial charge on any atom is -0.303 e. The Morgan fingerprint density at radius 2 is 2.00 bits per heavy atom. The van der Waals surface area contributed by atoms with E-state index in [9.17, 15) is 13.6 Å². The standard InChI is InChI=1S/C20H22F2N4O/c1-11(19(2)8-9-19)17(27)25-18-24-15-12(21)10-13(23-4)14(22)16(15)26(18)20(3)6-5-7-20/h10-11H,5-9H2,1-3H3,(H,24,25,27). The van der Waals surface area contributed by atoms with E-state index in [-0.39, 0.29) is 39.9 Å². The van der Waals surface area contributed by atoms with E-state index in [4.69, 9.17) is 6.57 Å². The predicted molar refractivity (Wildman–Crippen MR) is 98.5 cm³/mol. The molecule has 1 heterocycles. The summed E-state index contributed by atoms with van der Waals surface area (Å²) in [5.74, 6) is -1.79. The van der Waals surface area contributed by atoms with E-state index in [1.54, 1.807) is 4.57 Å². The zero-order chi connectivity index (χ0) is 19.6. The van der Waals surface area contributed by atoms with Crippen LogP contribution in [0.3, 0.4) is 0 Å². The molecular weight excluding hydrogens is 350 g/mol. The molecule has 0 saturated heterocycles. The van der Waals surface area contributed by atoms with Gasteiger partial charge in [-0.1, -0.05) is 13.8 Å². The molecule has 1 atom stereocenters. The molecule has 2 fully saturated rings. The van der Waals surface area contributed by atoms with Crippen molar-refractivity contribution in [2.45, 2.75) is 58.4 Å². The summed E-state index contributed by atoms with van der Waals surface area (Å²) in [5.41, 5.74) is -1.04. The molecule has 1 amide bonds. The molecule has 5 nitrogen and oxygen atoms in total. The number of nitrogens with one attached hydrogen (secondary N) is 1. The third kappa shape index (κ3) is 2.61. The quantitative estimate of drug-likeness (QED) is 0.756. The van der Waals surface area contributed by atoms with Crippen LogP contribution in [0.4, 0.5) is 20.4 Å². The first-order chi connectivity index (χ1) is 12.7. The molecule has 0 aliphatic heterocycles. The van der Waals surface area contributed by atoms with Gasteiger partial charge < -0.3 is 4.57 Å². The first-order valence-corrected chi connectivity index (χ1v) is 9.29. The Labute approximate surface area is 156 Å². The number of nitrogens with zero attached hydrogens (tertiary/aromatic N) is 3. The Balaban J connectivity index is 1.86. The molecule has 2 aliphatic rings. The van der Waals surface area contributed by atoms with Crippen molar-refractivity contribution in [1.29, 1.82) is 0 Å². The molecule has 2 aromatic rings. The summed E-state index contributed by atoms with van der Waals surface area (Å²) in [6, 6.07) is 0.866. The van der Waals surface area contributed by atoms with Gasteiger partial charge in [0.05, 0.1) is 12.1 Å². The van der Waals surface area contributed by atoms with E-state index < -0.39 is 17.2 Å². The predicted octanol–water partition coefficient (Wildman–Crippen LogP) is 5.14. The second-order valence-corrected chi connectivity index (χ2v) is 8.49. The van der Waals surface area contributed by atoms with Crippen molar-refractivity contribution in [3.8, 4) is 0 Å². The van der Waals surface area contributed by atoms with Crippen molar-refractivity contribution in [3.05, 3.63) is 29.1 Å².